The molecule has 2 N–H and O–H groups in total. The first-order chi connectivity index (χ1) is 6.19. The van der Waals surface area contributed by atoms with E-state index in [0.29, 0.717) is 0 Å². The zero-order chi connectivity index (χ0) is 9.84. The summed E-state index contributed by atoms with van der Waals surface area (Å²) in [7, 11) is 0. The second kappa shape index (κ2) is 3.85. The van der Waals surface area contributed by atoms with Crippen LogP contribution in [-0.4, -0.2) is 0 Å². The summed E-state index contributed by atoms with van der Waals surface area (Å²) >= 11 is 0. The molecule has 0 aliphatic carbocycles. The van der Waals surface area contributed by atoms with E-state index >= 15 is 0 Å². The first-order valence-corrected chi connectivity index (χ1v) is 4.08. The van der Waals surface area contributed by atoms with Gasteiger partial charge in [-0.1, -0.05) is 11.6 Å². The molecule has 0 aliphatic heterocycles. The molecule has 0 saturated carbocycles. The van der Waals surface area contributed by atoms with Crippen LogP contribution in [0.2, 0.25) is 0 Å². The third kappa shape index (κ3) is 1.94. The lowest BCUT2D eigenvalue weighted by Gasteiger charge is -1.97. The molecule has 0 spiro atoms. The Hall–Kier alpha value is -1.63. The van der Waals surface area contributed by atoms with E-state index in [-0.39, 0.29) is 5.56 Å². The first kappa shape index (κ1) is 9.46. The number of aryl methyl sites for hydroxylation is 1. The van der Waals surface area contributed by atoms with Crippen LogP contribution >= 0.6 is 0 Å². The van der Waals surface area contributed by atoms with Crippen molar-refractivity contribution in [1.29, 1.82) is 5.26 Å². The van der Waals surface area contributed by atoms with E-state index in [9.17, 15) is 4.39 Å². The number of pyridine rings is 1. The summed E-state index contributed by atoms with van der Waals surface area (Å²) in [5.74, 6) is 4.92. The largest absolute Gasteiger partial charge is 0.236 e. The molecule has 1 aromatic heterocycles. The predicted molar refractivity (Wildman–Crippen MR) is 45.5 cm³/mol. The fraction of sp³-hybridized carbons (Fsp3) is 0.333. The van der Waals surface area contributed by atoms with Crippen LogP contribution in [0.4, 0.5) is 4.39 Å². The average molecular weight is 180 g/mol. The highest BCUT2D eigenvalue weighted by Gasteiger charge is 2.13. The Bertz CT molecular complexity index is 355. The molecule has 4 heteroatoms. The van der Waals surface area contributed by atoms with Gasteiger partial charge in [-0.15, -0.1) is 0 Å². The number of hydrogen-bond donors (Lipinski definition) is 1. The number of rotatable bonds is 2. The van der Waals surface area contributed by atoms with E-state index in [4.69, 9.17) is 11.1 Å². The van der Waals surface area contributed by atoms with Gasteiger partial charge in [-0.05, 0) is 6.42 Å². The number of aromatic nitrogens is 1. The maximum atomic E-state index is 12.9. The van der Waals surface area contributed by atoms with Crippen LogP contribution < -0.4 is 10.5 Å². The van der Waals surface area contributed by atoms with Gasteiger partial charge in [0.2, 0.25) is 17.7 Å². The lowest BCUT2D eigenvalue weighted by Crippen LogP contribution is -2.48. The third-order valence-corrected chi connectivity index (χ3v) is 1.78. The Morgan fingerprint density at radius 3 is 2.92 bits per heavy atom. The Kier molecular flexibility index (Phi) is 2.80. The molecule has 0 unspecified atom stereocenters. The quantitative estimate of drug-likeness (QED) is 0.536. The highest BCUT2D eigenvalue weighted by Crippen LogP contribution is 2.05. The van der Waals surface area contributed by atoms with Crippen LogP contribution in [0.5, 0.6) is 0 Å². The van der Waals surface area contributed by atoms with Crippen LogP contribution in [0.1, 0.15) is 24.6 Å². The van der Waals surface area contributed by atoms with Crippen LogP contribution in [0.3, 0.4) is 0 Å². The van der Waals surface area contributed by atoms with Gasteiger partial charge in [0.15, 0.2) is 0 Å². The Balaban J connectivity index is 3.16. The minimum atomic E-state index is -0.579. The fourth-order valence-electron chi connectivity index (χ4n) is 1.13. The van der Waals surface area contributed by atoms with E-state index in [1.54, 1.807) is 6.07 Å². The lowest BCUT2D eigenvalue weighted by molar-refractivity contribution is -0.648. The van der Waals surface area contributed by atoms with Crippen molar-refractivity contribution in [2.45, 2.75) is 19.8 Å². The molecule has 0 fully saturated rings. The molecule has 1 heterocycles. The lowest BCUT2D eigenvalue weighted by atomic mass is 10.2. The molecule has 13 heavy (non-hydrogen) atoms. The summed E-state index contributed by atoms with van der Waals surface area (Å²) in [6, 6.07) is 3.26. The van der Waals surface area contributed by atoms with Crippen molar-refractivity contribution in [3.8, 4) is 6.07 Å². The molecule has 0 saturated heterocycles. The summed E-state index contributed by atoms with van der Waals surface area (Å²) in [4.78, 5) is 0. The van der Waals surface area contributed by atoms with Crippen molar-refractivity contribution in [3.63, 3.8) is 0 Å². The maximum Gasteiger partial charge on any atom is 0.236 e. The Morgan fingerprint density at radius 2 is 2.38 bits per heavy atom. The van der Waals surface area contributed by atoms with Gasteiger partial charge in [-0.25, -0.2) is 5.84 Å². The molecule has 0 bridgehead atoms. The van der Waals surface area contributed by atoms with Crippen LogP contribution in [0, 0.1) is 17.1 Å². The number of nitrogen functional groups attached to an aromatic ring is 1. The zero-order valence-electron chi connectivity index (χ0n) is 7.42. The van der Waals surface area contributed by atoms with Gasteiger partial charge in [0.1, 0.15) is 11.6 Å². The summed E-state index contributed by atoms with van der Waals surface area (Å²) in [5.41, 5.74) is 0.811. The van der Waals surface area contributed by atoms with Gasteiger partial charge < -0.3 is 0 Å². The van der Waals surface area contributed by atoms with Crippen LogP contribution in [0.15, 0.2) is 12.3 Å². The summed E-state index contributed by atoms with van der Waals surface area (Å²) < 4.78 is 14.2. The molecular weight excluding hydrogens is 169 g/mol. The highest BCUT2D eigenvalue weighted by molar-refractivity contribution is 5.28. The smallest absolute Gasteiger partial charge is 0.205 e. The SMILES string of the molecule is CCCc1cc(C#N)c(F)c[n+]1N. The minimum Gasteiger partial charge on any atom is -0.205 e. The zero-order valence-corrected chi connectivity index (χ0v) is 7.42. The number of halogens is 1. The molecule has 1 rings (SSSR count). The monoisotopic (exact) mass is 180 g/mol. The Labute approximate surface area is 76.2 Å². The molecule has 68 valence electrons. The number of nitrogens with zero attached hydrogens (tertiary/aromatic N) is 2. The summed E-state index contributed by atoms with van der Waals surface area (Å²) in [5, 5.41) is 8.56. The molecule has 0 atom stereocenters. The molecule has 0 radical (unpaired) electrons. The van der Waals surface area contributed by atoms with Gasteiger partial charge in [0, 0.05) is 12.5 Å². The molecule has 0 aliphatic rings. The minimum absolute atomic E-state index is 0.0464. The second-order valence-electron chi connectivity index (χ2n) is 2.80. The number of nitrogens with two attached hydrogens (primary N) is 1. The van der Waals surface area contributed by atoms with Gasteiger partial charge in [0.05, 0.1) is 0 Å². The first-order valence-electron chi connectivity index (χ1n) is 4.08. The van der Waals surface area contributed by atoms with Gasteiger partial charge in [-0.3, -0.25) is 0 Å². The second-order valence-corrected chi connectivity index (χ2v) is 2.80. The van der Waals surface area contributed by atoms with Crippen molar-refractivity contribution in [3.05, 3.63) is 29.3 Å². The van der Waals surface area contributed by atoms with Crippen molar-refractivity contribution < 1.29 is 9.07 Å². The third-order valence-electron chi connectivity index (χ3n) is 1.78. The average Bonchev–Trinajstić information content (AvgIpc) is 2.10. The Morgan fingerprint density at radius 1 is 1.69 bits per heavy atom. The van der Waals surface area contributed by atoms with Gasteiger partial charge >= 0.3 is 0 Å². The molecule has 0 aromatic carbocycles. The standard InChI is InChI=1S/C9H11FN3/c1-2-3-8-4-7(5-11)9(10)6-13(8)12/h4,6H,2-3,12H2,1H3/q+1. The predicted octanol–water partition coefficient (Wildman–Crippen LogP) is 0.651. The number of nitriles is 1. The van der Waals surface area contributed by atoms with E-state index in [1.165, 1.54) is 10.7 Å². The van der Waals surface area contributed by atoms with Gasteiger partial charge in [-0.2, -0.15) is 9.65 Å². The van der Waals surface area contributed by atoms with Crippen molar-refractivity contribution in [1.82, 2.24) is 0 Å². The number of hydrogen-bond acceptors (Lipinski definition) is 2. The molecular formula is C9H11FN3+. The highest BCUT2D eigenvalue weighted by atomic mass is 19.1. The fourth-order valence-corrected chi connectivity index (χ4v) is 1.13. The van der Waals surface area contributed by atoms with Crippen LogP contribution in [-0.2, 0) is 6.42 Å². The summed E-state index contributed by atoms with van der Waals surface area (Å²) in [6.07, 6.45) is 2.78. The van der Waals surface area contributed by atoms with E-state index < -0.39 is 5.82 Å². The normalized spacial score (nSPS) is 9.62. The van der Waals surface area contributed by atoms with Crippen molar-refractivity contribution >= 4 is 0 Å². The van der Waals surface area contributed by atoms with E-state index in [0.717, 1.165) is 24.7 Å². The summed E-state index contributed by atoms with van der Waals surface area (Å²) in [6.45, 7) is 2.00. The molecule has 0 amide bonds. The van der Waals surface area contributed by atoms with Crippen molar-refractivity contribution in [2.24, 2.45) is 0 Å². The van der Waals surface area contributed by atoms with Crippen molar-refractivity contribution in [2.75, 3.05) is 5.84 Å². The van der Waals surface area contributed by atoms with E-state index in [1.807, 2.05) is 6.92 Å². The molecule has 1 aromatic rings. The van der Waals surface area contributed by atoms with E-state index in [2.05, 4.69) is 0 Å². The van der Waals surface area contributed by atoms with Crippen LogP contribution in [0.25, 0.3) is 0 Å². The molecule has 3 nitrogen and oxygen atoms in total. The maximum absolute atomic E-state index is 12.9. The van der Waals surface area contributed by atoms with Gasteiger partial charge in [0.25, 0.3) is 0 Å². The topological polar surface area (TPSA) is 53.7 Å².